The fourth-order valence-electron chi connectivity index (χ4n) is 4.03. The van der Waals surface area contributed by atoms with Gasteiger partial charge in [-0.15, -0.1) is 12.4 Å². The number of nitrogens with zero attached hydrogens (tertiary/aromatic N) is 1. The predicted molar refractivity (Wildman–Crippen MR) is 114 cm³/mol. The standard InChI is InChI=1S/C21H31N3O4.ClH/c1-14(2)23-20(25)13-28-18-5-4-15(10-19(18)27-3)21(26)24-8-6-16-11-22-12-17(16)7-9-24;/h4-5,10,14,16-17,22H,6-9,11-13H2,1-3H3,(H,23,25);1H/t16-,17+;. The van der Waals surface area contributed by atoms with Crippen molar-refractivity contribution in [2.45, 2.75) is 32.7 Å². The second kappa shape index (κ2) is 10.7. The first-order chi connectivity index (χ1) is 13.5. The summed E-state index contributed by atoms with van der Waals surface area (Å²) in [6.45, 7) is 7.41. The van der Waals surface area contributed by atoms with Gasteiger partial charge in [0.05, 0.1) is 7.11 Å². The average molecular weight is 426 g/mol. The molecule has 0 aliphatic carbocycles. The monoisotopic (exact) mass is 425 g/mol. The lowest BCUT2D eigenvalue weighted by Gasteiger charge is -2.21. The second-order valence-electron chi connectivity index (χ2n) is 7.92. The third-order valence-corrected chi connectivity index (χ3v) is 5.53. The highest BCUT2D eigenvalue weighted by Gasteiger charge is 2.31. The van der Waals surface area contributed by atoms with Crippen molar-refractivity contribution >= 4 is 24.2 Å². The molecule has 2 saturated heterocycles. The van der Waals surface area contributed by atoms with Crippen molar-refractivity contribution in [1.82, 2.24) is 15.5 Å². The molecule has 2 heterocycles. The average Bonchev–Trinajstić information content (AvgIpc) is 3.03. The molecule has 2 amide bonds. The molecule has 8 heteroatoms. The minimum Gasteiger partial charge on any atom is -0.493 e. The van der Waals surface area contributed by atoms with Gasteiger partial charge < -0.3 is 25.0 Å². The van der Waals surface area contributed by atoms with E-state index in [2.05, 4.69) is 10.6 Å². The number of ether oxygens (including phenoxy) is 2. The molecule has 2 fully saturated rings. The molecule has 2 aliphatic rings. The third-order valence-electron chi connectivity index (χ3n) is 5.53. The van der Waals surface area contributed by atoms with E-state index in [1.807, 2.05) is 18.7 Å². The summed E-state index contributed by atoms with van der Waals surface area (Å²) in [5.41, 5.74) is 0.584. The van der Waals surface area contributed by atoms with Crippen molar-refractivity contribution in [2.24, 2.45) is 11.8 Å². The Balaban J connectivity index is 0.00000300. The Hall–Kier alpha value is -1.99. The van der Waals surface area contributed by atoms with Crippen LogP contribution in [-0.4, -0.2) is 62.7 Å². The van der Waals surface area contributed by atoms with Crippen LogP contribution < -0.4 is 20.1 Å². The molecule has 0 saturated carbocycles. The Morgan fingerprint density at radius 3 is 2.41 bits per heavy atom. The Labute approximate surface area is 178 Å². The van der Waals surface area contributed by atoms with Crippen LogP contribution in [0.2, 0.25) is 0 Å². The highest BCUT2D eigenvalue weighted by molar-refractivity contribution is 5.95. The molecule has 1 aromatic carbocycles. The van der Waals surface area contributed by atoms with Gasteiger partial charge in [-0.1, -0.05) is 0 Å². The van der Waals surface area contributed by atoms with E-state index < -0.39 is 0 Å². The second-order valence-corrected chi connectivity index (χ2v) is 7.92. The lowest BCUT2D eigenvalue weighted by molar-refractivity contribution is -0.123. The first kappa shape index (κ1) is 23.3. The SMILES string of the molecule is COc1cc(C(=O)N2CC[C@@H]3CNC[C@@H]3CC2)ccc1OCC(=O)NC(C)C.Cl. The maximum absolute atomic E-state index is 13.0. The van der Waals surface area contributed by atoms with Gasteiger partial charge in [-0.05, 0) is 69.8 Å². The molecule has 2 N–H and O–H groups in total. The van der Waals surface area contributed by atoms with E-state index in [0.717, 1.165) is 39.0 Å². The zero-order valence-corrected chi connectivity index (χ0v) is 18.2. The third kappa shape index (κ3) is 6.00. The fraction of sp³-hybridized carbons (Fsp3) is 0.619. The number of hydrogen-bond donors (Lipinski definition) is 2. The number of carbonyl (C=O) groups excluding carboxylic acids is 2. The highest BCUT2D eigenvalue weighted by Crippen LogP contribution is 2.30. The highest BCUT2D eigenvalue weighted by atomic mass is 35.5. The van der Waals surface area contributed by atoms with Crippen LogP contribution in [0.4, 0.5) is 0 Å². The summed E-state index contributed by atoms with van der Waals surface area (Å²) < 4.78 is 11.0. The van der Waals surface area contributed by atoms with E-state index in [0.29, 0.717) is 28.9 Å². The van der Waals surface area contributed by atoms with Crippen molar-refractivity contribution in [3.05, 3.63) is 23.8 Å². The van der Waals surface area contributed by atoms with Gasteiger partial charge in [0.2, 0.25) is 0 Å². The molecular weight excluding hydrogens is 394 g/mol. The Morgan fingerprint density at radius 1 is 1.17 bits per heavy atom. The van der Waals surface area contributed by atoms with Crippen LogP contribution >= 0.6 is 12.4 Å². The number of amides is 2. The van der Waals surface area contributed by atoms with E-state index in [4.69, 9.17) is 9.47 Å². The van der Waals surface area contributed by atoms with Crippen LogP contribution in [0.15, 0.2) is 18.2 Å². The number of nitrogens with one attached hydrogen (secondary N) is 2. The van der Waals surface area contributed by atoms with E-state index in [1.54, 1.807) is 18.2 Å². The minimum atomic E-state index is -0.193. The van der Waals surface area contributed by atoms with Crippen molar-refractivity contribution in [3.8, 4) is 11.5 Å². The van der Waals surface area contributed by atoms with Crippen molar-refractivity contribution in [1.29, 1.82) is 0 Å². The fourth-order valence-corrected chi connectivity index (χ4v) is 4.03. The lowest BCUT2D eigenvalue weighted by atomic mass is 9.92. The van der Waals surface area contributed by atoms with Gasteiger partial charge in [-0.2, -0.15) is 0 Å². The summed E-state index contributed by atoms with van der Waals surface area (Å²) in [7, 11) is 1.53. The quantitative estimate of drug-likeness (QED) is 0.729. The molecular formula is C21H32ClN3O4. The molecule has 3 rings (SSSR count). The van der Waals surface area contributed by atoms with Crippen LogP contribution in [0.5, 0.6) is 11.5 Å². The van der Waals surface area contributed by atoms with Gasteiger partial charge in [0, 0.05) is 24.7 Å². The van der Waals surface area contributed by atoms with Gasteiger partial charge in [-0.25, -0.2) is 0 Å². The first-order valence-electron chi connectivity index (χ1n) is 10.1. The summed E-state index contributed by atoms with van der Waals surface area (Å²) in [5.74, 6) is 2.10. The van der Waals surface area contributed by atoms with Crippen LogP contribution in [0.1, 0.15) is 37.0 Å². The molecule has 2 atom stereocenters. The van der Waals surface area contributed by atoms with Gasteiger partial charge in [0.1, 0.15) is 0 Å². The zero-order chi connectivity index (χ0) is 20.1. The number of halogens is 1. The molecule has 0 bridgehead atoms. The number of rotatable bonds is 6. The molecule has 162 valence electrons. The minimum absolute atomic E-state index is 0. The normalized spacial score (nSPS) is 21.0. The van der Waals surface area contributed by atoms with Crippen molar-refractivity contribution < 1.29 is 19.1 Å². The molecule has 2 aliphatic heterocycles. The van der Waals surface area contributed by atoms with Gasteiger partial charge in [0.25, 0.3) is 11.8 Å². The Morgan fingerprint density at radius 2 is 1.83 bits per heavy atom. The molecule has 29 heavy (non-hydrogen) atoms. The largest absolute Gasteiger partial charge is 0.493 e. The zero-order valence-electron chi connectivity index (χ0n) is 17.4. The number of hydrogen-bond acceptors (Lipinski definition) is 5. The first-order valence-corrected chi connectivity index (χ1v) is 10.1. The predicted octanol–water partition coefficient (Wildman–Crippen LogP) is 2.09. The van der Waals surface area contributed by atoms with E-state index in [1.165, 1.54) is 7.11 Å². The van der Waals surface area contributed by atoms with Crippen molar-refractivity contribution in [3.63, 3.8) is 0 Å². The van der Waals surface area contributed by atoms with Gasteiger partial charge in [0.15, 0.2) is 18.1 Å². The summed E-state index contributed by atoms with van der Waals surface area (Å²) in [5, 5.41) is 6.23. The summed E-state index contributed by atoms with van der Waals surface area (Å²) in [6.07, 6.45) is 2.10. The lowest BCUT2D eigenvalue weighted by Crippen LogP contribution is -2.34. The van der Waals surface area contributed by atoms with Crippen molar-refractivity contribution in [2.75, 3.05) is 39.9 Å². The molecule has 0 spiro atoms. The van der Waals surface area contributed by atoms with Crippen LogP contribution in [0, 0.1) is 11.8 Å². The summed E-state index contributed by atoms with van der Waals surface area (Å²) in [4.78, 5) is 26.7. The molecule has 1 aromatic rings. The molecule has 0 aromatic heterocycles. The van der Waals surface area contributed by atoms with E-state index in [-0.39, 0.29) is 36.9 Å². The molecule has 0 unspecified atom stereocenters. The maximum Gasteiger partial charge on any atom is 0.258 e. The number of likely N-dealkylation sites (tertiary alicyclic amines) is 1. The maximum atomic E-state index is 13.0. The van der Waals surface area contributed by atoms with Gasteiger partial charge >= 0.3 is 0 Å². The summed E-state index contributed by atoms with van der Waals surface area (Å²) >= 11 is 0. The van der Waals surface area contributed by atoms with Crippen LogP contribution in [0.3, 0.4) is 0 Å². The number of fused-ring (bicyclic) bond motifs is 1. The number of carbonyl (C=O) groups is 2. The molecule has 0 radical (unpaired) electrons. The van der Waals surface area contributed by atoms with Gasteiger partial charge in [-0.3, -0.25) is 9.59 Å². The Bertz CT molecular complexity index is 699. The van der Waals surface area contributed by atoms with Crippen LogP contribution in [-0.2, 0) is 4.79 Å². The van der Waals surface area contributed by atoms with E-state index >= 15 is 0 Å². The topological polar surface area (TPSA) is 79.9 Å². The Kier molecular flexibility index (Phi) is 8.59. The van der Waals surface area contributed by atoms with Crippen LogP contribution in [0.25, 0.3) is 0 Å². The number of benzene rings is 1. The van der Waals surface area contributed by atoms with E-state index in [9.17, 15) is 9.59 Å². The summed E-state index contributed by atoms with van der Waals surface area (Å²) in [6, 6.07) is 5.20. The number of methoxy groups -OCH3 is 1. The molecule has 7 nitrogen and oxygen atoms in total. The smallest absolute Gasteiger partial charge is 0.258 e.